The predicted octanol–water partition coefficient (Wildman–Crippen LogP) is 4.12. The Morgan fingerprint density at radius 1 is 1.09 bits per heavy atom. The Morgan fingerprint density at radius 2 is 1.84 bits per heavy atom. The summed E-state index contributed by atoms with van der Waals surface area (Å²) in [6.45, 7) is 4.72. The van der Waals surface area contributed by atoms with E-state index in [0.29, 0.717) is 27.4 Å². The molecule has 6 N–H and O–H groups in total. The molecular formula is C30H34N6O7S2. The standard InChI is InChI=1S/C30H34N6O7S2/c1-30(2,3)43-29(38)32-17-26(37)33-20-9-6-10-22(15-20)45(40,41)36-24(14-18-7-5-8-19(13-18)27(31)35-39)28-34-23-12-11-21(42-4)16-25(23)44-28/h5-13,15-16,24,36,39H,14,17H2,1-4H3,(H2,31,35)(H,32,38)(H,33,37). The summed E-state index contributed by atoms with van der Waals surface area (Å²) in [5.74, 6) is -0.0145. The van der Waals surface area contributed by atoms with E-state index in [2.05, 4.69) is 20.5 Å². The normalized spacial score (nSPS) is 12.8. The molecule has 4 rings (SSSR count). The van der Waals surface area contributed by atoms with Crippen LogP contribution in [-0.4, -0.2) is 55.7 Å². The lowest BCUT2D eigenvalue weighted by molar-refractivity contribution is -0.115. The summed E-state index contributed by atoms with van der Waals surface area (Å²) in [4.78, 5) is 28.9. The molecule has 0 radical (unpaired) electrons. The van der Waals surface area contributed by atoms with Crippen molar-refractivity contribution in [2.24, 2.45) is 10.9 Å². The number of amidine groups is 1. The number of carbonyl (C=O) groups excluding carboxylic acids is 2. The lowest BCUT2D eigenvalue weighted by Gasteiger charge is -2.19. The number of anilines is 1. The van der Waals surface area contributed by atoms with Crippen molar-refractivity contribution in [3.63, 3.8) is 0 Å². The van der Waals surface area contributed by atoms with Gasteiger partial charge in [0.15, 0.2) is 5.84 Å². The number of hydrogen-bond donors (Lipinski definition) is 5. The number of carbonyl (C=O) groups is 2. The number of ether oxygens (including phenoxy) is 2. The molecular weight excluding hydrogens is 620 g/mol. The molecule has 2 amide bonds. The molecule has 45 heavy (non-hydrogen) atoms. The van der Waals surface area contributed by atoms with Gasteiger partial charge in [-0.05, 0) is 75.2 Å². The van der Waals surface area contributed by atoms with E-state index in [4.69, 9.17) is 25.4 Å². The van der Waals surface area contributed by atoms with Crippen LogP contribution in [-0.2, 0) is 26.0 Å². The molecule has 4 aromatic rings. The number of aromatic nitrogens is 1. The first-order chi connectivity index (χ1) is 21.3. The van der Waals surface area contributed by atoms with Crippen LogP contribution in [0.15, 0.2) is 76.8 Å². The van der Waals surface area contributed by atoms with E-state index in [-0.39, 0.29) is 29.4 Å². The Labute approximate surface area is 264 Å². The zero-order valence-corrected chi connectivity index (χ0v) is 26.7. The van der Waals surface area contributed by atoms with Gasteiger partial charge in [-0.1, -0.05) is 29.4 Å². The summed E-state index contributed by atoms with van der Waals surface area (Å²) in [5.41, 5.74) is 7.12. The highest BCUT2D eigenvalue weighted by atomic mass is 32.2. The summed E-state index contributed by atoms with van der Waals surface area (Å²) in [6.07, 6.45) is -0.565. The lowest BCUT2D eigenvalue weighted by atomic mass is 10.0. The number of hydrogen-bond acceptors (Lipinski definition) is 10. The average Bonchev–Trinajstić information content (AvgIpc) is 3.42. The number of nitrogens with zero attached hydrogens (tertiary/aromatic N) is 2. The van der Waals surface area contributed by atoms with Crippen LogP contribution >= 0.6 is 11.3 Å². The smallest absolute Gasteiger partial charge is 0.408 e. The van der Waals surface area contributed by atoms with Gasteiger partial charge in [-0.15, -0.1) is 11.3 Å². The average molecular weight is 655 g/mol. The maximum atomic E-state index is 13.7. The molecule has 3 aromatic carbocycles. The van der Waals surface area contributed by atoms with Crippen molar-refractivity contribution >= 4 is 55.1 Å². The van der Waals surface area contributed by atoms with Crippen molar-refractivity contribution in [3.8, 4) is 5.75 Å². The van der Waals surface area contributed by atoms with Gasteiger partial charge in [0, 0.05) is 11.3 Å². The van der Waals surface area contributed by atoms with E-state index in [1.54, 1.807) is 64.3 Å². The van der Waals surface area contributed by atoms with Crippen molar-refractivity contribution in [1.82, 2.24) is 15.0 Å². The molecule has 0 aliphatic carbocycles. The first-order valence-electron chi connectivity index (χ1n) is 13.7. The first-order valence-corrected chi connectivity index (χ1v) is 16.0. The number of alkyl carbamates (subject to hydrolysis) is 1. The van der Waals surface area contributed by atoms with E-state index in [1.165, 1.54) is 35.6 Å². The van der Waals surface area contributed by atoms with Gasteiger partial charge in [-0.2, -0.15) is 0 Å². The number of thiazole rings is 1. The minimum absolute atomic E-state index is 0.0822. The first kappa shape index (κ1) is 33.2. The summed E-state index contributed by atoms with van der Waals surface area (Å²) in [5, 5.41) is 17.6. The second-order valence-corrected chi connectivity index (χ2v) is 13.7. The summed E-state index contributed by atoms with van der Waals surface area (Å²) >= 11 is 1.32. The van der Waals surface area contributed by atoms with Crippen molar-refractivity contribution in [2.45, 2.75) is 43.7 Å². The van der Waals surface area contributed by atoms with Crippen LogP contribution in [0.4, 0.5) is 10.5 Å². The molecule has 0 saturated heterocycles. The molecule has 1 heterocycles. The number of nitrogens with two attached hydrogens (primary N) is 1. The monoisotopic (exact) mass is 654 g/mol. The predicted molar refractivity (Wildman–Crippen MR) is 171 cm³/mol. The molecule has 238 valence electrons. The number of amides is 2. The molecule has 0 saturated carbocycles. The van der Waals surface area contributed by atoms with Crippen LogP contribution in [0.25, 0.3) is 10.2 Å². The van der Waals surface area contributed by atoms with Gasteiger partial charge in [0.2, 0.25) is 15.9 Å². The highest BCUT2D eigenvalue weighted by molar-refractivity contribution is 7.89. The van der Waals surface area contributed by atoms with Crippen molar-refractivity contribution in [1.29, 1.82) is 0 Å². The zero-order chi connectivity index (χ0) is 32.8. The van der Waals surface area contributed by atoms with E-state index >= 15 is 0 Å². The minimum atomic E-state index is -4.15. The summed E-state index contributed by atoms with van der Waals surface area (Å²) < 4.78 is 41.4. The fourth-order valence-electron chi connectivity index (χ4n) is 4.20. The van der Waals surface area contributed by atoms with Crippen LogP contribution in [0, 0.1) is 0 Å². The third-order valence-corrected chi connectivity index (χ3v) is 8.80. The number of oxime groups is 1. The van der Waals surface area contributed by atoms with Crippen LogP contribution in [0.1, 0.15) is 42.9 Å². The van der Waals surface area contributed by atoms with Crippen LogP contribution in [0.5, 0.6) is 5.75 Å². The fraction of sp³-hybridized carbons (Fsp3) is 0.267. The number of methoxy groups -OCH3 is 1. The van der Waals surface area contributed by atoms with Gasteiger partial charge in [0.05, 0.1) is 28.3 Å². The Balaban J connectivity index is 1.58. The molecule has 0 fully saturated rings. The van der Waals surface area contributed by atoms with E-state index < -0.39 is 33.7 Å². The second kappa shape index (κ2) is 13.9. The molecule has 1 unspecified atom stereocenters. The van der Waals surface area contributed by atoms with E-state index in [9.17, 15) is 18.0 Å². The van der Waals surface area contributed by atoms with Gasteiger partial charge in [0.25, 0.3) is 0 Å². The van der Waals surface area contributed by atoms with Crippen molar-refractivity contribution in [2.75, 3.05) is 19.0 Å². The number of benzene rings is 3. The fourth-order valence-corrected chi connectivity index (χ4v) is 6.56. The molecule has 0 bridgehead atoms. The Hall–Kier alpha value is -4.73. The maximum absolute atomic E-state index is 13.7. The Kier molecular flexibility index (Phi) is 10.3. The largest absolute Gasteiger partial charge is 0.497 e. The van der Waals surface area contributed by atoms with E-state index in [0.717, 1.165) is 4.70 Å². The SMILES string of the molecule is COc1ccc2nc(C(Cc3cccc(C(N)=NO)c3)NS(=O)(=O)c3cccc(NC(=O)CNC(=O)OC(C)(C)C)c3)sc2c1. The number of sulfonamides is 1. The maximum Gasteiger partial charge on any atom is 0.408 e. The summed E-state index contributed by atoms with van der Waals surface area (Å²) in [7, 11) is -2.59. The highest BCUT2D eigenvalue weighted by Crippen LogP contribution is 2.32. The number of nitrogens with one attached hydrogen (secondary N) is 3. The summed E-state index contributed by atoms with van der Waals surface area (Å²) in [6, 6.07) is 17.2. The molecule has 0 aliphatic rings. The highest BCUT2D eigenvalue weighted by Gasteiger charge is 2.26. The molecule has 0 aliphatic heterocycles. The van der Waals surface area contributed by atoms with Crippen molar-refractivity contribution in [3.05, 3.63) is 82.9 Å². The number of fused-ring (bicyclic) bond motifs is 1. The van der Waals surface area contributed by atoms with E-state index in [1.807, 2.05) is 6.07 Å². The minimum Gasteiger partial charge on any atom is -0.497 e. The van der Waals surface area contributed by atoms with Gasteiger partial charge >= 0.3 is 6.09 Å². The quantitative estimate of drug-likeness (QED) is 0.0684. The zero-order valence-electron chi connectivity index (χ0n) is 25.0. The van der Waals surface area contributed by atoms with Crippen molar-refractivity contribution < 1.29 is 32.7 Å². The lowest BCUT2D eigenvalue weighted by Crippen LogP contribution is -2.37. The van der Waals surface area contributed by atoms with Gasteiger partial charge < -0.3 is 31.0 Å². The topological polar surface area (TPSA) is 194 Å². The van der Waals surface area contributed by atoms with Gasteiger partial charge in [-0.3, -0.25) is 4.79 Å². The molecule has 0 spiro atoms. The second-order valence-electron chi connectivity index (χ2n) is 10.9. The van der Waals surface area contributed by atoms with Crippen LogP contribution in [0.3, 0.4) is 0 Å². The Morgan fingerprint density at radius 3 is 2.56 bits per heavy atom. The van der Waals surface area contributed by atoms with Crippen LogP contribution in [0.2, 0.25) is 0 Å². The molecule has 15 heteroatoms. The van der Waals surface area contributed by atoms with Crippen LogP contribution < -0.4 is 25.8 Å². The third-order valence-electron chi connectivity index (χ3n) is 6.20. The Bertz CT molecular complexity index is 1830. The third kappa shape index (κ3) is 9.14. The van der Waals surface area contributed by atoms with Gasteiger partial charge in [0.1, 0.15) is 22.9 Å². The van der Waals surface area contributed by atoms with Gasteiger partial charge in [-0.25, -0.2) is 22.9 Å². The molecule has 13 nitrogen and oxygen atoms in total. The number of rotatable bonds is 11. The molecule has 1 atom stereocenters. The molecule has 1 aromatic heterocycles.